The van der Waals surface area contributed by atoms with Gasteiger partial charge in [-0.1, -0.05) is 18.2 Å². The Hall–Kier alpha value is -0.930. The van der Waals surface area contributed by atoms with Gasteiger partial charge in [-0.05, 0) is 17.5 Å². The van der Waals surface area contributed by atoms with E-state index in [2.05, 4.69) is 28.5 Å². The van der Waals surface area contributed by atoms with Gasteiger partial charge in [-0.15, -0.1) is 11.8 Å². The fraction of sp³-hybridized carbons (Fsp3) is 0.273. The highest BCUT2D eigenvalue weighted by Gasteiger charge is 1.93. The molecule has 2 nitrogen and oxygen atoms in total. The van der Waals surface area contributed by atoms with Gasteiger partial charge in [0.25, 0.3) is 0 Å². The van der Waals surface area contributed by atoms with Gasteiger partial charge in [0.15, 0.2) is 0 Å². The van der Waals surface area contributed by atoms with Gasteiger partial charge in [-0.2, -0.15) is 0 Å². The third-order valence-electron chi connectivity index (χ3n) is 2.09. The third-order valence-corrected chi connectivity index (χ3v) is 2.99. The number of nitrogens with one attached hydrogen (secondary N) is 2. The molecule has 0 atom stereocenters. The number of aromatic amines is 1. The van der Waals surface area contributed by atoms with Crippen LogP contribution in [0, 0.1) is 0 Å². The number of hydrogen-bond donors (Lipinski definition) is 2. The quantitative estimate of drug-likeness (QED) is 0.693. The van der Waals surface area contributed by atoms with Crippen LogP contribution in [-0.4, -0.2) is 23.2 Å². The summed E-state index contributed by atoms with van der Waals surface area (Å²) in [5.41, 5.74) is 1.21. The van der Waals surface area contributed by atoms with E-state index in [0.717, 1.165) is 0 Å². The van der Waals surface area contributed by atoms with Gasteiger partial charge in [0.1, 0.15) is 0 Å². The van der Waals surface area contributed by atoms with Crippen LogP contribution in [0.4, 0.5) is 0 Å². The number of benzene rings is 1. The van der Waals surface area contributed by atoms with Crippen molar-refractivity contribution < 1.29 is 0 Å². The Balaban J connectivity index is 0.000000128. The van der Waals surface area contributed by atoms with Crippen LogP contribution in [0.2, 0.25) is 0 Å². The van der Waals surface area contributed by atoms with Gasteiger partial charge in [0.2, 0.25) is 0 Å². The first-order valence-corrected chi connectivity index (χ1v) is 5.93. The van der Waals surface area contributed by atoms with Crippen LogP contribution in [0.5, 0.6) is 0 Å². The predicted octanol–water partition coefficient (Wildman–Crippen LogP) is 2.45. The van der Waals surface area contributed by atoms with E-state index in [9.17, 15) is 0 Å². The molecule has 0 aliphatic carbocycles. The molecule has 2 N–H and O–H groups in total. The maximum Gasteiger partial charge on any atom is 0.0453 e. The van der Waals surface area contributed by atoms with Gasteiger partial charge < -0.3 is 10.3 Å². The van der Waals surface area contributed by atoms with Crippen molar-refractivity contribution in [2.75, 3.05) is 18.2 Å². The molecule has 0 bridgehead atoms. The zero-order valence-corrected chi connectivity index (χ0v) is 8.81. The van der Waals surface area contributed by atoms with Crippen molar-refractivity contribution in [2.24, 2.45) is 0 Å². The SMILES string of the molecule is C1CSCN1.c1ccc2[nH]ccc2c1. The largest absolute Gasteiger partial charge is 0.361 e. The number of H-pyrrole nitrogens is 1. The Labute approximate surface area is 88.1 Å². The Morgan fingerprint density at radius 1 is 1.14 bits per heavy atom. The second-order valence-electron chi connectivity index (χ2n) is 3.12. The lowest BCUT2D eigenvalue weighted by molar-refractivity contribution is 0.885. The first kappa shape index (κ1) is 9.62. The lowest BCUT2D eigenvalue weighted by Gasteiger charge is -1.83. The second kappa shape index (κ2) is 5.08. The number of fused-ring (bicyclic) bond motifs is 1. The average molecular weight is 206 g/mol. The Morgan fingerprint density at radius 2 is 2.07 bits per heavy atom. The molecule has 0 spiro atoms. The Kier molecular flexibility index (Phi) is 3.49. The fourth-order valence-corrected chi connectivity index (χ4v) is 2.08. The molecule has 2 aromatic rings. The standard InChI is InChI=1S/C8H7N.C3H7NS/c1-2-4-8-7(3-1)5-6-9-8;1-2-5-3-4-1/h1-6,9H;4H,1-3H2. The normalized spacial score (nSPS) is 15.1. The molecular weight excluding hydrogens is 192 g/mol. The van der Waals surface area contributed by atoms with Crippen molar-refractivity contribution in [1.29, 1.82) is 0 Å². The van der Waals surface area contributed by atoms with Crippen molar-refractivity contribution in [3.05, 3.63) is 36.5 Å². The van der Waals surface area contributed by atoms with E-state index in [-0.39, 0.29) is 0 Å². The van der Waals surface area contributed by atoms with Crippen LogP contribution in [-0.2, 0) is 0 Å². The summed E-state index contributed by atoms with van der Waals surface area (Å²) in [6.45, 7) is 1.21. The van der Waals surface area contributed by atoms with Crippen LogP contribution in [0.25, 0.3) is 10.9 Å². The van der Waals surface area contributed by atoms with E-state index in [1.54, 1.807) is 0 Å². The van der Waals surface area contributed by atoms with E-state index in [4.69, 9.17) is 0 Å². The molecular formula is C11H14N2S. The zero-order valence-electron chi connectivity index (χ0n) is 7.99. The van der Waals surface area contributed by atoms with Crippen molar-refractivity contribution in [1.82, 2.24) is 10.3 Å². The second-order valence-corrected chi connectivity index (χ2v) is 4.22. The Bertz CT molecular complexity index is 342. The average Bonchev–Trinajstić information content (AvgIpc) is 2.92. The summed E-state index contributed by atoms with van der Waals surface area (Å²) < 4.78 is 0. The van der Waals surface area contributed by atoms with Crippen LogP contribution in [0.1, 0.15) is 0 Å². The number of rotatable bonds is 0. The predicted molar refractivity (Wildman–Crippen MR) is 63.6 cm³/mol. The van der Waals surface area contributed by atoms with Gasteiger partial charge in [-0.3, -0.25) is 0 Å². The molecule has 1 aromatic heterocycles. The van der Waals surface area contributed by atoms with Gasteiger partial charge >= 0.3 is 0 Å². The van der Waals surface area contributed by atoms with Crippen molar-refractivity contribution >= 4 is 22.7 Å². The molecule has 1 saturated heterocycles. The summed E-state index contributed by atoms with van der Waals surface area (Å²) in [6, 6.07) is 10.3. The number of thioether (sulfide) groups is 1. The van der Waals surface area contributed by atoms with Gasteiger partial charge in [-0.25, -0.2) is 0 Å². The van der Waals surface area contributed by atoms with Gasteiger partial charge in [0.05, 0.1) is 0 Å². The molecule has 0 unspecified atom stereocenters. The van der Waals surface area contributed by atoms with Crippen molar-refractivity contribution in [3.63, 3.8) is 0 Å². The maximum absolute atomic E-state index is 3.19. The van der Waals surface area contributed by atoms with E-state index in [1.165, 1.54) is 29.1 Å². The molecule has 3 rings (SSSR count). The minimum atomic E-state index is 1.17. The first-order valence-electron chi connectivity index (χ1n) is 4.77. The first-order chi connectivity index (χ1) is 6.97. The summed E-state index contributed by atoms with van der Waals surface area (Å²) in [5.74, 6) is 2.47. The summed E-state index contributed by atoms with van der Waals surface area (Å²) in [4.78, 5) is 3.12. The smallest absolute Gasteiger partial charge is 0.0453 e. The zero-order chi connectivity index (χ0) is 9.64. The molecule has 1 fully saturated rings. The van der Waals surface area contributed by atoms with Crippen LogP contribution in [0.15, 0.2) is 36.5 Å². The highest BCUT2D eigenvalue weighted by Crippen LogP contribution is 2.09. The molecule has 1 aliphatic rings. The fourth-order valence-electron chi connectivity index (χ4n) is 1.36. The summed E-state index contributed by atoms with van der Waals surface area (Å²) in [6.07, 6.45) is 1.95. The molecule has 2 heterocycles. The minimum absolute atomic E-state index is 1.17. The highest BCUT2D eigenvalue weighted by atomic mass is 32.2. The van der Waals surface area contributed by atoms with Gasteiger partial charge in [0, 0.05) is 29.9 Å². The molecule has 74 valence electrons. The minimum Gasteiger partial charge on any atom is -0.361 e. The molecule has 0 saturated carbocycles. The Morgan fingerprint density at radius 3 is 2.71 bits per heavy atom. The lowest BCUT2D eigenvalue weighted by Crippen LogP contribution is -2.04. The van der Waals surface area contributed by atoms with E-state index < -0.39 is 0 Å². The molecule has 0 radical (unpaired) electrons. The molecule has 14 heavy (non-hydrogen) atoms. The van der Waals surface area contributed by atoms with Crippen molar-refractivity contribution in [3.8, 4) is 0 Å². The summed E-state index contributed by atoms with van der Waals surface area (Å²) >= 11 is 1.96. The van der Waals surface area contributed by atoms with Crippen LogP contribution >= 0.6 is 11.8 Å². The molecule has 0 amide bonds. The number of hydrogen-bond acceptors (Lipinski definition) is 2. The maximum atomic E-state index is 3.19. The van der Waals surface area contributed by atoms with E-state index in [1.807, 2.05) is 30.1 Å². The van der Waals surface area contributed by atoms with E-state index >= 15 is 0 Å². The molecule has 1 aliphatic heterocycles. The summed E-state index contributed by atoms with van der Waals surface area (Å²) in [7, 11) is 0. The lowest BCUT2D eigenvalue weighted by atomic mass is 10.3. The number of para-hydroxylation sites is 1. The molecule has 1 aromatic carbocycles. The van der Waals surface area contributed by atoms with Crippen LogP contribution in [0.3, 0.4) is 0 Å². The summed E-state index contributed by atoms with van der Waals surface area (Å²) in [5, 5.41) is 4.46. The van der Waals surface area contributed by atoms with Crippen molar-refractivity contribution in [2.45, 2.75) is 0 Å². The topological polar surface area (TPSA) is 27.8 Å². The highest BCUT2D eigenvalue weighted by molar-refractivity contribution is 7.99. The van der Waals surface area contributed by atoms with E-state index in [0.29, 0.717) is 0 Å². The third kappa shape index (κ3) is 2.53. The monoisotopic (exact) mass is 206 g/mol. The van der Waals surface area contributed by atoms with Crippen LogP contribution < -0.4 is 5.32 Å². The molecule has 3 heteroatoms. The number of aromatic nitrogens is 1.